The van der Waals surface area contributed by atoms with Crippen molar-refractivity contribution in [1.82, 2.24) is 0 Å². The van der Waals surface area contributed by atoms with Crippen LogP contribution in [0.3, 0.4) is 0 Å². The van der Waals surface area contributed by atoms with Crippen LogP contribution in [0.5, 0.6) is 0 Å². The third-order valence-corrected chi connectivity index (χ3v) is 3.87. The SMILES string of the molecule is OC12C=CC(c3ccccc3)=CC1S2. The molecule has 1 fully saturated rings. The van der Waals surface area contributed by atoms with Crippen LogP contribution in [0.4, 0.5) is 0 Å². The van der Waals surface area contributed by atoms with Crippen LogP contribution >= 0.6 is 11.8 Å². The van der Waals surface area contributed by atoms with Crippen molar-refractivity contribution in [3.63, 3.8) is 0 Å². The van der Waals surface area contributed by atoms with Gasteiger partial charge in [-0.2, -0.15) is 0 Å². The van der Waals surface area contributed by atoms with Crippen LogP contribution in [0.1, 0.15) is 5.56 Å². The monoisotopic (exact) mass is 202 g/mol. The Morgan fingerprint density at radius 2 is 2.00 bits per heavy atom. The quantitative estimate of drug-likeness (QED) is 0.706. The standard InChI is InChI=1S/C12H10OS/c13-12-7-6-10(8-11(12)14-12)9-4-2-1-3-5-9/h1-8,11,13H. The number of hydrogen-bond acceptors (Lipinski definition) is 2. The van der Waals surface area contributed by atoms with Crippen LogP contribution < -0.4 is 0 Å². The molecule has 14 heavy (non-hydrogen) atoms. The molecule has 0 saturated carbocycles. The zero-order valence-electron chi connectivity index (χ0n) is 7.55. The lowest BCUT2D eigenvalue weighted by Gasteiger charge is -2.08. The Morgan fingerprint density at radius 1 is 1.21 bits per heavy atom. The Kier molecular flexibility index (Phi) is 1.64. The maximum Gasteiger partial charge on any atom is 0.145 e. The Morgan fingerprint density at radius 3 is 2.71 bits per heavy atom. The molecule has 1 aromatic rings. The molecule has 1 aliphatic heterocycles. The number of benzene rings is 1. The zero-order chi connectivity index (χ0) is 9.60. The second-order valence-electron chi connectivity index (χ2n) is 3.61. The first-order chi connectivity index (χ1) is 6.78. The van der Waals surface area contributed by atoms with E-state index in [0.29, 0.717) is 0 Å². The van der Waals surface area contributed by atoms with Gasteiger partial charge in [0.05, 0.1) is 5.25 Å². The van der Waals surface area contributed by atoms with Crippen molar-refractivity contribution in [2.45, 2.75) is 10.2 Å². The van der Waals surface area contributed by atoms with Crippen molar-refractivity contribution in [1.29, 1.82) is 0 Å². The summed E-state index contributed by atoms with van der Waals surface area (Å²) >= 11 is 1.59. The van der Waals surface area contributed by atoms with Crippen LogP contribution in [-0.2, 0) is 0 Å². The van der Waals surface area contributed by atoms with E-state index < -0.39 is 4.93 Å². The Hall–Kier alpha value is -0.990. The molecule has 2 heteroatoms. The van der Waals surface area contributed by atoms with E-state index in [1.54, 1.807) is 11.8 Å². The first-order valence-corrected chi connectivity index (χ1v) is 5.53. The number of fused-ring (bicyclic) bond motifs is 1. The molecule has 1 aliphatic carbocycles. The van der Waals surface area contributed by atoms with Gasteiger partial charge in [-0.25, -0.2) is 0 Å². The fourth-order valence-corrected chi connectivity index (χ4v) is 2.55. The molecule has 1 aromatic carbocycles. The third-order valence-electron chi connectivity index (χ3n) is 2.61. The molecule has 70 valence electrons. The van der Waals surface area contributed by atoms with Gasteiger partial charge in [0.15, 0.2) is 0 Å². The second-order valence-corrected chi connectivity index (χ2v) is 5.01. The number of rotatable bonds is 1. The lowest BCUT2D eigenvalue weighted by atomic mass is 9.99. The molecular formula is C12H10OS. The van der Waals surface area contributed by atoms with Gasteiger partial charge in [0, 0.05) is 0 Å². The maximum absolute atomic E-state index is 9.74. The van der Waals surface area contributed by atoms with Gasteiger partial charge in [0.1, 0.15) is 4.93 Å². The topological polar surface area (TPSA) is 20.2 Å². The minimum absolute atomic E-state index is 0.266. The summed E-state index contributed by atoms with van der Waals surface area (Å²) in [6.45, 7) is 0. The average molecular weight is 202 g/mol. The fraction of sp³-hybridized carbons (Fsp3) is 0.167. The highest BCUT2D eigenvalue weighted by atomic mass is 32.2. The van der Waals surface area contributed by atoms with Crippen molar-refractivity contribution in [3.8, 4) is 0 Å². The second kappa shape index (κ2) is 2.75. The summed E-state index contributed by atoms with van der Waals surface area (Å²) in [7, 11) is 0. The van der Waals surface area contributed by atoms with E-state index in [0.717, 1.165) is 0 Å². The smallest absolute Gasteiger partial charge is 0.145 e. The van der Waals surface area contributed by atoms with Crippen LogP contribution in [0.15, 0.2) is 48.6 Å². The lowest BCUT2D eigenvalue weighted by molar-refractivity contribution is 0.229. The van der Waals surface area contributed by atoms with E-state index in [-0.39, 0.29) is 5.25 Å². The summed E-state index contributed by atoms with van der Waals surface area (Å²) in [5.74, 6) is 0. The van der Waals surface area contributed by atoms with Crippen LogP contribution in [0.25, 0.3) is 5.57 Å². The van der Waals surface area contributed by atoms with Crippen molar-refractivity contribution in [2.24, 2.45) is 0 Å². The summed E-state index contributed by atoms with van der Waals surface area (Å²) in [5, 5.41) is 10.0. The minimum Gasteiger partial charge on any atom is -0.374 e. The number of aliphatic hydroxyl groups is 1. The van der Waals surface area contributed by atoms with Crippen LogP contribution in [-0.4, -0.2) is 15.3 Å². The average Bonchev–Trinajstić information content (AvgIpc) is 2.90. The molecule has 3 rings (SSSR count). The highest BCUT2D eigenvalue weighted by Gasteiger charge is 2.52. The number of thioether (sulfide) groups is 1. The molecule has 0 spiro atoms. The van der Waals surface area contributed by atoms with E-state index in [2.05, 4.69) is 18.2 Å². The first-order valence-electron chi connectivity index (χ1n) is 4.65. The molecule has 0 radical (unpaired) electrons. The molecule has 1 N–H and O–H groups in total. The summed E-state index contributed by atoms with van der Waals surface area (Å²) < 4.78 is 0. The largest absolute Gasteiger partial charge is 0.374 e. The fourth-order valence-electron chi connectivity index (χ4n) is 1.71. The molecule has 1 nitrogen and oxygen atoms in total. The van der Waals surface area contributed by atoms with Gasteiger partial charge in [-0.05, 0) is 17.2 Å². The van der Waals surface area contributed by atoms with Crippen molar-refractivity contribution >= 4 is 17.3 Å². The summed E-state index contributed by atoms with van der Waals surface area (Å²) in [6.07, 6.45) is 6.04. The predicted molar refractivity (Wildman–Crippen MR) is 59.9 cm³/mol. The maximum atomic E-state index is 9.74. The van der Waals surface area contributed by atoms with Gasteiger partial charge in [0.25, 0.3) is 0 Å². The van der Waals surface area contributed by atoms with Crippen molar-refractivity contribution < 1.29 is 5.11 Å². The molecular weight excluding hydrogens is 192 g/mol. The van der Waals surface area contributed by atoms with Gasteiger partial charge in [-0.3, -0.25) is 0 Å². The van der Waals surface area contributed by atoms with E-state index in [1.807, 2.05) is 30.4 Å². The first kappa shape index (κ1) is 8.33. The molecule has 2 atom stereocenters. The normalized spacial score (nSPS) is 33.5. The lowest BCUT2D eigenvalue weighted by Crippen LogP contribution is -2.10. The van der Waals surface area contributed by atoms with Gasteiger partial charge in [-0.1, -0.05) is 42.5 Å². The van der Waals surface area contributed by atoms with Crippen LogP contribution in [0, 0.1) is 0 Å². The van der Waals surface area contributed by atoms with Gasteiger partial charge in [0.2, 0.25) is 0 Å². The Labute approximate surface area is 87.1 Å². The molecule has 1 saturated heterocycles. The van der Waals surface area contributed by atoms with Crippen molar-refractivity contribution in [3.05, 3.63) is 54.1 Å². The molecule has 0 amide bonds. The van der Waals surface area contributed by atoms with Gasteiger partial charge in [-0.15, -0.1) is 11.8 Å². The molecule has 1 heterocycles. The highest BCUT2D eigenvalue weighted by molar-refractivity contribution is 8.08. The molecule has 0 bridgehead atoms. The third kappa shape index (κ3) is 1.22. The molecule has 2 unspecified atom stereocenters. The number of hydrogen-bond donors (Lipinski definition) is 1. The van der Waals surface area contributed by atoms with Gasteiger partial charge < -0.3 is 5.11 Å². The van der Waals surface area contributed by atoms with Crippen LogP contribution in [0.2, 0.25) is 0 Å². The summed E-state index contributed by atoms with van der Waals surface area (Å²) in [5.41, 5.74) is 2.43. The Bertz CT molecular complexity index is 421. The zero-order valence-corrected chi connectivity index (χ0v) is 8.37. The molecule has 2 aliphatic rings. The highest BCUT2D eigenvalue weighted by Crippen LogP contribution is 2.56. The van der Waals surface area contributed by atoms with E-state index in [4.69, 9.17) is 0 Å². The molecule has 0 aromatic heterocycles. The number of allylic oxidation sites excluding steroid dienone is 2. The summed E-state index contributed by atoms with van der Waals surface area (Å²) in [4.78, 5) is -0.585. The summed E-state index contributed by atoms with van der Waals surface area (Å²) in [6, 6.07) is 10.3. The van der Waals surface area contributed by atoms with E-state index in [1.165, 1.54) is 11.1 Å². The minimum atomic E-state index is -0.585. The van der Waals surface area contributed by atoms with Crippen molar-refractivity contribution in [2.75, 3.05) is 0 Å². The predicted octanol–water partition coefficient (Wildman–Crippen LogP) is 2.44. The van der Waals surface area contributed by atoms with E-state index in [9.17, 15) is 5.11 Å². The van der Waals surface area contributed by atoms with Gasteiger partial charge >= 0.3 is 0 Å². The van der Waals surface area contributed by atoms with E-state index >= 15 is 0 Å². The Balaban J connectivity index is 1.96.